The molecule has 1 aromatic heterocycles. The van der Waals surface area contributed by atoms with Crippen LogP contribution in [-0.2, 0) is 10.0 Å². The highest BCUT2D eigenvalue weighted by Crippen LogP contribution is 2.31. The number of thiazole rings is 1. The molecule has 0 aliphatic carbocycles. The number of nitrogens with zero attached hydrogens (tertiary/aromatic N) is 4. The van der Waals surface area contributed by atoms with Gasteiger partial charge in [0.1, 0.15) is 0 Å². The molecular weight excluding hydrogens is 566 g/mol. The fourth-order valence-electron chi connectivity index (χ4n) is 4.79. The van der Waals surface area contributed by atoms with E-state index in [4.69, 9.17) is 4.98 Å². The number of rotatable bonds is 9. The minimum Gasteiger partial charge on any atom is -0.351 e. The second-order valence-electron chi connectivity index (χ2n) is 9.53. The molecule has 8 nitrogen and oxygen atoms in total. The van der Waals surface area contributed by atoms with Crippen LogP contribution < -0.4 is 14.5 Å². The van der Waals surface area contributed by atoms with Crippen molar-refractivity contribution in [1.29, 1.82) is 0 Å². The van der Waals surface area contributed by atoms with Gasteiger partial charge in [-0.25, -0.2) is 13.4 Å². The molecule has 5 rings (SSSR count). The van der Waals surface area contributed by atoms with E-state index in [0.717, 1.165) is 43.4 Å². The number of hydrogen-bond acceptors (Lipinski definition) is 7. The second-order valence-corrected chi connectivity index (χ2v) is 12.4. The minimum atomic E-state index is -3.73. The van der Waals surface area contributed by atoms with Crippen LogP contribution in [0.5, 0.6) is 0 Å². The van der Waals surface area contributed by atoms with E-state index >= 15 is 0 Å². The van der Waals surface area contributed by atoms with Gasteiger partial charge in [-0.3, -0.25) is 14.0 Å². The van der Waals surface area contributed by atoms with Crippen LogP contribution >= 0.6 is 23.7 Å². The Morgan fingerprint density at radius 3 is 2.33 bits per heavy atom. The van der Waals surface area contributed by atoms with Crippen molar-refractivity contribution < 1.29 is 13.2 Å². The average Bonchev–Trinajstić information content (AvgIpc) is 3.40. The maximum atomic E-state index is 13.2. The van der Waals surface area contributed by atoms with Gasteiger partial charge in [0.25, 0.3) is 15.9 Å². The van der Waals surface area contributed by atoms with Crippen molar-refractivity contribution in [2.75, 3.05) is 55.0 Å². The van der Waals surface area contributed by atoms with Gasteiger partial charge in [0, 0.05) is 51.4 Å². The Morgan fingerprint density at radius 1 is 0.975 bits per heavy atom. The summed E-state index contributed by atoms with van der Waals surface area (Å²) in [5, 5.41) is 4.04. The van der Waals surface area contributed by atoms with Gasteiger partial charge in [-0.05, 0) is 61.9 Å². The average molecular weight is 600 g/mol. The summed E-state index contributed by atoms with van der Waals surface area (Å²) in [6.07, 6.45) is 0. The molecule has 1 aliphatic heterocycles. The van der Waals surface area contributed by atoms with E-state index in [1.807, 2.05) is 18.2 Å². The van der Waals surface area contributed by atoms with Gasteiger partial charge in [-0.15, -0.1) is 12.4 Å². The van der Waals surface area contributed by atoms with Gasteiger partial charge < -0.3 is 10.2 Å². The maximum Gasteiger partial charge on any atom is 0.264 e. The normalized spacial score (nSPS) is 14.1. The second kappa shape index (κ2) is 13.0. The Bertz CT molecular complexity index is 1540. The predicted octanol–water partition coefficient (Wildman–Crippen LogP) is 4.79. The molecule has 40 heavy (non-hydrogen) atoms. The summed E-state index contributed by atoms with van der Waals surface area (Å²) in [5.74, 6) is -0.210. The predicted molar refractivity (Wildman–Crippen MR) is 166 cm³/mol. The minimum absolute atomic E-state index is 0. The van der Waals surface area contributed by atoms with Crippen molar-refractivity contribution in [2.45, 2.75) is 18.7 Å². The number of nitrogens with one attached hydrogen (secondary N) is 1. The van der Waals surface area contributed by atoms with Crippen LogP contribution in [0.3, 0.4) is 0 Å². The number of aromatic nitrogens is 1. The molecule has 0 atom stereocenters. The molecule has 1 N–H and O–H groups in total. The van der Waals surface area contributed by atoms with Crippen LogP contribution in [0.2, 0.25) is 0 Å². The Hall–Kier alpha value is -3.18. The van der Waals surface area contributed by atoms with Crippen molar-refractivity contribution >= 4 is 60.7 Å². The van der Waals surface area contributed by atoms with Crippen molar-refractivity contribution in [3.63, 3.8) is 0 Å². The number of amides is 1. The number of benzene rings is 3. The number of aryl methyl sites for hydroxylation is 1. The molecule has 1 fully saturated rings. The zero-order valence-electron chi connectivity index (χ0n) is 22.6. The number of sulfonamides is 1. The van der Waals surface area contributed by atoms with Gasteiger partial charge in [0.2, 0.25) is 0 Å². The third kappa shape index (κ3) is 6.41. The molecule has 2 heterocycles. The van der Waals surface area contributed by atoms with E-state index in [1.54, 1.807) is 42.5 Å². The number of anilines is 2. The summed E-state index contributed by atoms with van der Waals surface area (Å²) in [4.78, 5) is 22.4. The van der Waals surface area contributed by atoms with Crippen LogP contribution in [0.15, 0.2) is 77.7 Å². The third-order valence-corrected chi connectivity index (χ3v) is 10.0. The SMILES string of the molecule is CCN(c1ccccc1)S(=O)(=O)c1ccc(C(=O)NCCN2CCN(c3nc4c(C)cccc4s3)CC2)cc1.Cl. The fraction of sp³-hybridized carbons (Fsp3) is 0.310. The first-order valence-corrected chi connectivity index (χ1v) is 15.4. The Morgan fingerprint density at radius 2 is 1.68 bits per heavy atom. The highest BCUT2D eigenvalue weighted by Gasteiger charge is 2.24. The first kappa shape index (κ1) is 29.8. The van der Waals surface area contributed by atoms with E-state index in [-0.39, 0.29) is 23.2 Å². The molecule has 0 spiro atoms. The quantitative estimate of drug-likeness (QED) is 0.298. The zero-order chi connectivity index (χ0) is 27.4. The molecule has 212 valence electrons. The summed E-state index contributed by atoms with van der Waals surface area (Å²) >= 11 is 1.74. The van der Waals surface area contributed by atoms with Gasteiger partial charge in [-0.2, -0.15) is 0 Å². The Labute approximate surface area is 246 Å². The largest absolute Gasteiger partial charge is 0.351 e. The topological polar surface area (TPSA) is 85.8 Å². The first-order valence-electron chi connectivity index (χ1n) is 13.2. The summed E-state index contributed by atoms with van der Waals surface area (Å²) < 4.78 is 28.9. The number of hydrogen-bond donors (Lipinski definition) is 1. The van der Waals surface area contributed by atoms with Gasteiger partial charge >= 0.3 is 0 Å². The lowest BCUT2D eigenvalue weighted by Crippen LogP contribution is -2.48. The number of carbonyl (C=O) groups is 1. The summed E-state index contributed by atoms with van der Waals surface area (Å²) in [6.45, 7) is 9.11. The first-order chi connectivity index (χ1) is 18.9. The lowest BCUT2D eigenvalue weighted by molar-refractivity contribution is 0.0947. The lowest BCUT2D eigenvalue weighted by atomic mass is 10.2. The monoisotopic (exact) mass is 599 g/mol. The van der Waals surface area contributed by atoms with Gasteiger partial charge in [0.05, 0.1) is 20.8 Å². The van der Waals surface area contributed by atoms with Crippen LogP contribution in [0.4, 0.5) is 10.8 Å². The third-order valence-electron chi connectivity index (χ3n) is 7.00. The highest BCUT2D eigenvalue weighted by atomic mass is 35.5. The molecule has 1 aliphatic rings. The van der Waals surface area contributed by atoms with Crippen LogP contribution in [-0.4, -0.2) is 70.0 Å². The number of fused-ring (bicyclic) bond motifs is 1. The Balaban J connectivity index is 0.00000370. The standard InChI is InChI=1S/C29H33N5O3S2.ClH/c1-3-34(24-9-5-4-6-10-24)39(36,37)25-14-12-23(13-15-25)28(35)30-16-17-32-18-20-33(21-19-32)29-31-27-22(2)8-7-11-26(27)38-29;/h4-15H,3,16-21H2,1-2H3,(H,30,35);1H. The van der Waals surface area contributed by atoms with E-state index < -0.39 is 10.0 Å². The van der Waals surface area contributed by atoms with Gasteiger partial charge in [-0.1, -0.05) is 41.7 Å². The molecule has 0 radical (unpaired) electrons. The molecule has 0 bridgehead atoms. The molecule has 11 heteroatoms. The molecule has 0 unspecified atom stereocenters. The van der Waals surface area contributed by atoms with E-state index in [2.05, 4.69) is 40.2 Å². The molecular formula is C29H34ClN5O3S2. The number of para-hydroxylation sites is 2. The number of piperazine rings is 1. The van der Waals surface area contributed by atoms with E-state index in [0.29, 0.717) is 24.3 Å². The van der Waals surface area contributed by atoms with Gasteiger partial charge in [0.15, 0.2) is 5.13 Å². The Kier molecular flexibility index (Phi) is 9.68. The summed E-state index contributed by atoms with van der Waals surface area (Å²) in [5.41, 5.74) is 3.34. The van der Waals surface area contributed by atoms with Crippen molar-refractivity contribution in [1.82, 2.24) is 15.2 Å². The van der Waals surface area contributed by atoms with Crippen molar-refractivity contribution in [3.05, 3.63) is 83.9 Å². The molecule has 0 saturated carbocycles. The van der Waals surface area contributed by atoms with Crippen molar-refractivity contribution in [2.24, 2.45) is 0 Å². The lowest BCUT2D eigenvalue weighted by Gasteiger charge is -2.34. The smallest absolute Gasteiger partial charge is 0.264 e. The molecule has 4 aromatic rings. The zero-order valence-corrected chi connectivity index (χ0v) is 25.1. The van der Waals surface area contributed by atoms with E-state index in [1.165, 1.54) is 26.7 Å². The molecule has 1 saturated heterocycles. The number of carbonyl (C=O) groups excluding carboxylic acids is 1. The summed E-state index contributed by atoms with van der Waals surface area (Å²) in [6, 6.07) is 21.4. The molecule has 1 amide bonds. The maximum absolute atomic E-state index is 13.2. The summed E-state index contributed by atoms with van der Waals surface area (Å²) in [7, 11) is -3.73. The highest BCUT2D eigenvalue weighted by molar-refractivity contribution is 7.92. The van der Waals surface area contributed by atoms with Crippen LogP contribution in [0.25, 0.3) is 10.2 Å². The van der Waals surface area contributed by atoms with Crippen molar-refractivity contribution in [3.8, 4) is 0 Å². The van der Waals surface area contributed by atoms with E-state index in [9.17, 15) is 13.2 Å². The van der Waals surface area contributed by atoms with Crippen LogP contribution in [0.1, 0.15) is 22.8 Å². The van der Waals surface area contributed by atoms with Crippen LogP contribution in [0, 0.1) is 6.92 Å². The number of halogens is 1. The molecule has 3 aromatic carbocycles. The fourth-order valence-corrected chi connectivity index (χ4v) is 7.36.